The molecule has 2 aromatic rings. The molecule has 2 aromatic carbocycles. The summed E-state index contributed by atoms with van der Waals surface area (Å²) >= 11 is 0. The lowest BCUT2D eigenvalue weighted by atomic mass is 10.1. The van der Waals surface area contributed by atoms with Crippen molar-refractivity contribution in [3.63, 3.8) is 0 Å². The van der Waals surface area contributed by atoms with Gasteiger partial charge in [-0.1, -0.05) is 6.07 Å². The van der Waals surface area contributed by atoms with E-state index in [0.717, 1.165) is 16.0 Å². The fourth-order valence-corrected chi connectivity index (χ4v) is 3.47. The minimum absolute atomic E-state index is 0.0495. The number of benzene rings is 2. The van der Waals surface area contributed by atoms with Crippen LogP contribution in [0.3, 0.4) is 0 Å². The highest BCUT2D eigenvalue weighted by molar-refractivity contribution is 5.96. The van der Waals surface area contributed by atoms with E-state index in [9.17, 15) is 18.8 Å². The molecular weight excluding hydrogens is 399 g/mol. The molecule has 0 atom stereocenters. The van der Waals surface area contributed by atoms with Gasteiger partial charge in [0.2, 0.25) is 5.91 Å². The number of anilines is 1. The first-order valence-corrected chi connectivity index (χ1v) is 10.3. The molecule has 3 rings (SSSR count). The number of carbonyl (C=O) groups is 3. The molecule has 0 saturated carbocycles. The number of rotatable bonds is 6. The maximum atomic E-state index is 12.9. The van der Waals surface area contributed by atoms with E-state index < -0.39 is 0 Å². The van der Waals surface area contributed by atoms with Gasteiger partial charge >= 0.3 is 0 Å². The van der Waals surface area contributed by atoms with Crippen LogP contribution in [-0.2, 0) is 9.59 Å². The standard InChI is InChI=1S/C23H27FN4O3/c1-16-3-4-18(13-17(16)2)23(31)25-14-22(30)28-11-9-27(10-12-28)15-21(29)26-20-7-5-19(24)6-8-20/h3-8,13H,9-12,14-15H2,1-2H3,(H,25,31)(H,26,29)/p+1. The molecule has 1 heterocycles. The number of piperazine rings is 1. The van der Waals surface area contributed by atoms with Gasteiger partial charge in [-0.05, 0) is 61.4 Å². The number of hydrogen-bond donors (Lipinski definition) is 3. The van der Waals surface area contributed by atoms with Gasteiger partial charge < -0.3 is 20.4 Å². The molecule has 0 spiro atoms. The van der Waals surface area contributed by atoms with Crippen LogP contribution in [0.15, 0.2) is 42.5 Å². The summed E-state index contributed by atoms with van der Waals surface area (Å²) in [5.74, 6) is -0.901. The Hall–Kier alpha value is -3.26. The first-order valence-electron chi connectivity index (χ1n) is 10.3. The topological polar surface area (TPSA) is 83.0 Å². The van der Waals surface area contributed by atoms with E-state index in [1.165, 1.54) is 24.3 Å². The molecule has 1 aliphatic rings. The second-order valence-corrected chi connectivity index (χ2v) is 7.84. The van der Waals surface area contributed by atoms with E-state index in [-0.39, 0.29) is 36.6 Å². The van der Waals surface area contributed by atoms with Crippen molar-refractivity contribution in [3.05, 3.63) is 65.0 Å². The van der Waals surface area contributed by atoms with Crippen molar-refractivity contribution in [2.45, 2.75) is 13.8 Å². The Morgan fingerprint density at radius 1 is 1.00 bits per heavy atom. The van der Waals surface area contributed by atoms with E-state index >= 15 is 0 Å². The summed E-state index contributed by atoms with van der Waals surface area (Å²) in [5.41, 5.74) is 3.23. The zero-order valence-corrected chi connectivity index (χ0v) is 17.8. The summed E-state index contributed by atoms with van der Waals surface area (Å²) in [5, 5.41) is 5.44. The number of amides is 3. The number of nitrogens with zero attached hydrogens (tertiary/aromatic N) is 1. The van der Waals surface area contributed by atoms with E-state index in [2.05, 4.69) is 10.6 Å². The maximum absolute atomic E-state index is 12.9. The quantitative estimate of drug-likeness (QED) is 0.629. The molecule has 0 bridgehead atoms. The highest BCUT2D eigenvalue weighted by Gasteiger charge is 2.25. The molecule has 3 N–H and O–H groups in total. The maximum Gasteiger partial charge on any atom is 0.279 e. The Morgan fingerprint density at radius 2 is 1.68 bits per heavy atom. The van der Waals surface area contributed by atoms with Gasteiger partial charge in [-0.25, -0.2) is 4.39 Å². The zero-order valence-electron chi connectivity index (χ0n) is 17.8. The Labute approximate surface area is 181 Å². The second-order valence-electron chi connectivity index (χ2n) is 7.84. The summed E-state index contributed by atoms with van der Waals surface area (Å²) in [6.07, 6.45) is 0. The van der Waals surface area contributed by atoms with E-state index in [0.29, 0.717) is 37.4 Å². The van der Waals surface area contributed by atoms with Crippen LogP contribution in [0.25, 0.3) is 0 Å². The van der Waals surface area contributed by atoms with E-state index in [1.807, 2.05) is 26.0 Å². The smallest absolute Gasteiger partial charge is 0.279 e. The Balaban J connectivity index is 1.40. The first kappa shape index (κ1) is 22.4. The average Bonchev–Trinajstić information content (AvgIpc) is 2.76. The third kappa shape index (κ3) is 6.36. The SMILES string of the molecule is Cc1ccc(C(=O)NCC(=O)N2CC[NH+](CC(=O)Nc3ccc(F)cc3)CC2)cc1C. The van der Waals surface area contributed by atoms with Crippen LogP contribution in [0.5, 0.6) is 0 Å². The molecule has 0 aromatic heterocycles. The van der Waals surface area contributed by atoms with Gasteiger partial charge in [0, 0.05) is 11.3 Å². The normalized spacial score (nSPS) is 14.2. The lowest BCUT2D eigenvalue weighted by molar-refractivity contribution is -0.895. The number of halogens is 1. The first-order chi connectivity index (χ1) is 14.8. The lowest BCUT2D eigenvalue weighted by Crippen LogP contribution is -3.15. The number of hydrogen-bond acceptors (Lipinski definition) is 3. The molecular formula is C23H28FN4O3+. The van der Waals surface area contributed by atoms with Crippen LogP contribution in [-0.4, -0.2) is 61.9 Å². The van der Waals surface area contributed by atoms with Crippen molar-refractivity contribution in [2.24, 2.45) is 0 Å². The van der Waals surface area contributed by atoms with Gasteiger partial charge in [-0.15, -0.1) is 0 Å². The third-order valence-corrected chi connectivity index (χ3v) is 5.53. The highest BCUT2D eigenvalue weighted by Crippen LogP contribution is 2.10. The molecule has 0 radical (unpaired) electrons. The van der Waals surface area contributed by atoms with Gasteiger partial charge in [0.05, 0.1) is 32.7 Å². The number of carbonyl (C=O) groups excluding carboxylic acids is 3. The fraction of sp³-hybridized carbons (Fsp3) is 0.348. The molecule has 8 heteroatoms. The third-order valence-electron chi connectivity index (χ3n) is 5.53. The summed E-state index contributed by atoms with van der Waals surface area (Å²) < 4.78 is 12.9. The van der Waals surface area contributed by atoms with Crippen LogP contribution >= 0.6 is 0 Å². The van der Waals surface area contributed by atoms with Gasteiger partial charge in [0.25, 0.3) is 11.8 Å². The lowest BCUT2D eigenvalue weighted by Gasteiger charge is -2.32. The summed E-state index contributed by atoms with van der Waals surface area (Å²) in [7, 11) is 0. The van der Waals surface area contributed by atoms with Crippen LogP contribution in [0.2, 0.25) is 0 Å². The molecule has 1 fully saturated rings. The van der Waals surface area contributed by atoms with Crippen LogP contribution in [0.4, 0.5) is 10.1 Å². The van der Waals surface area contributed by atoms with Crippen molar-refractivity contribution in [1.29, 1.82) is 0 Å². The predicted octanol–water partition coefficient (Wildman–Crippen LogP) is 0.538. The number of quaternary nitrogens is 1. The van der Waals surface area contributed by atoms with Crippen molar-refractivity contribution in [2.75, 3.05) is 44.6 Å². The minimum atomic E-state index is -0.352. The van der Waals surface area contributed by atoms with Crippen LogP contribution < -0.4 is 15.5 Å². The molecule has 1 aliphatic heterocycles. The summed E-state index contributed by atoms with van der Waals surface area (Å²) in [6.45, 7) is 6.50. The Morgan fingerprint density at radius 3 is 2.32 bits per heavy atom. The van der Waals surface area contributed by atoms with Gasteiger partial charge in [0.15, 0.2) is 6.54 Å². The van der Waals surface area contributed by atoms with Crippen molar-refractivity contribution in [3.8, 4) is 0 Å². The molecule has 31 heavy (non-hydrogen) atoms. The van der Waals surface area contributed by atoms with Gasteiger partial charge in [-0.3, -0.25) is 14.4 Å². The highest BCUT2D eigenvalue weighted by atomic mass is 19.1. The van der Waals surface area contributed by atoms with Crippen LogP contribution in [0, 0.1) is 19.7 Å². The molecule has 164 valence electrons. The molecule has 0 unspecified atom stereocenters. The van der Waals surface area contributed by atoms with Crippen molar-refractivity contribution < 1.29 is 23.7 Å². The zero-order chi connectivity index (χ0) is 22.4. The fourth-order valence-electron chi connectivity index (χ4n) is 3.47. The monoisotopic (exact) mass is 427 g/mol. The number of aryl methyl sites for hydroxylation is 2. The van der Waals surface area contributed by atoms with E-state index in [4.69, 9.17) is 0 Å². The minimum Gasteiger partial charge on any atom is -0.343 e. The van der Waals surface area contributed by atoms with Gasteiger partial charge in [0.1, 0.15) is 5.82 Å². The number of nitrogens with one attached hydrogen (secondary N) is 3. The average molecular weight is 428 g/mol. The molecule has 0 aliphatic carbocycles. The Kier molecular flexibility index (Phi) is 7.36. The Bertz CT molecular complexity index is 954. The predicted molar refractivity (Wildman–Crippen MR) is 115 cm³/mol. The second kappa shape index (κ2) is 10.2. The van der Waals surface area contributed by atoms with E-state index in [1.54, 1.807) is 11.0 Å². The molecule has 7 nitrogen and oxygen atoms in total. The van der Waals surface area contributed by atoms with Crippen LogP contribution in [0.1, 0.15) is 21.5 Å². The molecule has 1 saturated heterocycles. The van der Waals surface area contributed by atoms with Crippen molar-refractivity contribution >= 4 is 23.4 Å². The largest absolute Gasteiger partial charge is 0.343 e. The van der Waals surface area contributed by atoms with Gasteiger partial charge in [-0.2, -0.15) is 0 Å². The summed E-state index contributed by atoms with van der Waals surface area (Å²) in [6, 6.07) is 11.1. The molecule has 3 amide bonds. The summed E-state index contributed by atoms with van der Waals surface area (Å²) in [4.78, 5) is 39.7. The van der Waals surface area contributed by atoms with Crippen molar-refractivity contribution in [1.82, 2.24) is 10.2 Å².